The molecule has 0 saturated carbocycles. The highest BCUT2D eigenvalue weighted by atomic mass is 15.5. The van der Waals surface area contributed by atoms with Crippen LogP contribution >= 0.6 is 0 Å². The minimum absolute atomic E-state index is 0.262. The molecule has 0 bridgehead atoms. The van der Waals surface area contributed by atoms with Gasteiger partial charge >= 0.3 is 0 Å². The van der Waals surface area contributed by atoms with Gasteiger partial charge in [-0.15, -0.1) is 0 Å². The molecule has 0 radical (unpaired) electrons. The van der Waals surface area contributed by atoms with Crippen molar-refractivity contribution in [2.45, 2.75) is 52.4 Å². The first-order valence-corrected chi connectivity index (χ1v) is 7.39. The summed E-state index contributed by atoms with van der Waals surface area (Å²) < 4.78 is 0. The number of benzene rings is 1. The van der Waals surface area contributed by atoms with Crippen LogP contribution < -0.4 is 0 Å². The maximum atomic E-state index is 7.93. The molecule has 0 aliphatic heterocycles. The molecule has 110 valence electrons. The van der Waals surface area contributed by atoms with E-state index >= 15 is 0 Å². The standard InChI is InChI=1S/C16H26N4/c1-4-5-6-7-8-9-14-10-11-15(12-13(14)2)16(17)20(3)19-18/h10-12,17-18H,4-9H2,1-3H3. The Hall–Kier alpha value is -1.71. The fraction of sp³-hybridized carbons (Fsp3) is 0.562. The van der Waals surface area contributed by atoms with Crippen LogP contribution in [0.2, 0.25) is 0 Å². The van der Waals surface area contributed by atoms with Gasteiger partial charge < -0.3 is 0 Å². The zero-order chi connectivity index (χ0) is 15.0. The van der Waals surface area contributed by atoms with Crippen molar-refractivity contribution in [3.63, 3.8) is 0 Å². The van der Waals surface area contributed by atoms with E-state index in [1.165, 1.54) is 48.2 Å². The van der Waals surface area contributed by atoms with Gasteiger partial charge in [0.25, 0.3) is 0 Å². The molecule has 4 nitrogen and oxygen atoms in total. The van der Waals surface area contributed by atoms with Crippen LogP contribution in [0.15, 0.2) is 23.4 Å². The number of amidine groups is 1. The summed E-state index contributed by atoms with van der Waals surface area (Å²) >= 11 is 0. The minimum atomic E-state index is 0.262. The molecule has 0 atom stereocenters. The second kappa shape index (κ2) is 8.46. The number of rotatable bonds is 8. The lowest BCUT2D eigenvalue weighted by molar-refractivity contribution is 0.486. The van der Waals surface area contributed by atoms with Crippen molar-refractivity contribution in [2.24, 2.45) is 5.22 Å². The van der Waals surface area contributed by atoms with Crippen LogP contribution in [0.5, 0.6) is 0 Å². The Morgan fingerprint density at radius 1 is 1.20 bits per heavy atom. The molecule has 0 aromatic heterocycles. The van der Waals surface area contributed by atoms with Crippen molar-refractivity contribution in [1.29, 1.82) is 10.9 Å². The molecule has 0 heterocycles. The van der Waals surface area contributed by atoms with Crippen molar-refractivity contribution in [2.75, 3.05) is 7.05 Å². The van der Waals surface area contributed by atoms with Crippen molar-refractivity contribution >= 4 is 5.84 Å². The zero-order valence-corrected chi connectivity index (χ0v) is 12.9. The van der Waals surface area contributed by atoms with Crippen LogP contribution in [0, 0.1) is 17.9 Å². The van der Waals surface area contributed by atoms with E-state index in [1.54, 1.807) is 7.05 Å². The van der Waals surface area contributed by atoms with Crippen LogP contribution in [0.25, 0.3) is 0 Å². The third kappa shape index (κ3) is 4.76. The quantitative estimate of drug-likeness (QED) is 0.233. The van der Waals surface area contributed by atoms with E-state index < -0.39 is 0 Å². The predicted octanol–water partition coefficient (Wildman–Crippen LogP) is 4.71. The van der Waals surface area contributed by atoms with Crippen LogP contribution in [-0.2, 0) is 6.42 Å². The molecule has 0 saturated heterocycles. The van der Waals surface area contributed by atoms with Gasteiger partial charge in [0.2, 0.25) is 0 Å². The van der Waals surface area contributed by atoms with Gasteiger partial charge in [-0.25, -0.2) is 5.01 Å². The Morgan fingerprint density at radius 3 is 2.50 bits per heavy atom. The zero-order valence-electron chi connectivity index (χ0n) is 12.9. The van der Waals surface area contributed by atoms with E-state index in [9.17, 15) is 0 Å². The number of nitrogens with one attached hydrogen (secondary N) is 2. The van der Waals surface area contributed by atoms with Crippen LogP contribution in [-0.4, -0.2) is 17.9 Å². The molecule has 0 fully saturated rings. The molecular weight excluding hydrogens is 248 g/mol. The number of hydrogen-bond acceptors (Lipinski definition) is 3. The first-order valence-electron chi connectivity index (χ1n) is 7.39. The highest BCUT2D eigenvalue weighted by Crippen LogP contribution is 2.16. The van der Waals surface area contributed by atoms with E-state index in [4.69, 9.17) is 10.9 Å². The molecular formula is C16H26N4. The summed E-state index contributed by atoms with van der Waals surface area (Å²) in [6.07, 6.45) is 7.59. The normalized spacial score (nSPS) is 10.3. The van der Waals surface area contributed by atoms with Gasteiger partial charge in [-0.3, -0.25) is 5.41 Å². The molecule has 0 spiro atoms. The smallest absolute Gasteiger partial charge is 0.149 e. The summed E-state index contributed by atoms with van der Waals surface area (Å²) in [5, 5.41) is 12.4. The largest absolute Gasteiger partial charge is 0.283 e. The predicted molar refractivity (Wildman–Crippen MR) is 83.4 cm³/mol. The molecule has 0 unspecified atom stereocenters. The van der Waals surface area contributed by atoms with Crippen molar-refractivity contribution in [3.05, 3.63) is 34.9 Å². The highest BCUT2D eigenvalue weighted by Gasteiger charge is 2.08. The van der Waals surface area contributed by atoms with E-state index in [0.29, 0.717) is 0 Å². The van der Waals surface area contributed by atoms with Gasteiger partial charge in [-0.05, 0) is 37.0 Å². The minimum Gasteiger partial charge on any atom is -0.283 e. The topological polar surface area (TPSA) is 63.3 Å². The molecule has 1 rings (SSSR count). The molecule has 0 aliphatic carbocycles. The van der Waals surface area contributed by atoms with Gasteiger partial charge in [0.1, 0.15) is 5.84 Å². The number of nitrogens with zero attached hydrogens (tertiary/aromatic N) is 2. The first-order chi connectivity index (χ1) is 9.60. The summed E-state index contributed by atoms with van der Waals surface area (Å²) in [4.78, 5) is 0. The summed E-state index contributed by atoms with van der Waals surface area (Å²) in [6.45, 7) is 4.33. The SMILES string of the molecule is CCCCCCCc1ccc(C(=N)N(C)N=N)cc1C. The second-order valence-electron chi connectivity index (χ2n) is 5.28. The average Bonchev–Trinajstić information content (AvgIpc) is 2.46. The van der Waals surface area contributed by atoms with E-state index in [0.717, 1.165) is 12.0 Å². The van der Waals surface area contributed by atoms with E-state index in [1.807, 2.05) is 12.1 Å². The fourth-order valence-electron chi connectivity index (χ4n) is 2.28. The summed E-state index contributed by atoms with van der Waals surface area (Å²) in [5.41, 5.74) is 10.3. The lowest BCUT2D eigenvalue weighted by Gasteiger charge is -2.14. The number of hydrogen-bond donors (Lipinski definition) is 2. The Kier molecular flexibility index (Phi) is 6.91. The van der Waals surface area contributed by atoms with E-state index in [-0.39, 0.29) is 5.84 Å². The highest BCUT2D eigenvalue weighted by molar-refractivity contribution is 5.96. The molecule has 1 aromatic carbocycles. The lowest BCUT2D eigenvalue weighted by Crippen LogP contribution is -2.20. The molecule has 0 amide bonds. The average molecular weight is 274 g/mol. The summed E-state index contributed by atoms with van der Waals surface area (Å²) in [7, 11) is 1.62. The van der Waals surface area contributed by atoms with Crippen molar-refractivity contribution in [3.8, 4) is 0 Å². The maximum Gasteiger partial charge on any atom is 0.149 e. The van der Waals surface area contributed by atoms with Crippen molar-refractivity contribution < 1.29 is 0 Å². The van der Waals surface area contributed by atoms with Crippen molar-refractivity contribution in [1.82, 2.24) is 5.01 Å². The maximum absolute atomic E-state index is 7.93. The molecule has 1 aromatic rings. The van der Waals surface area contributed by atoms with Gasteiger partial charge in [0.15, 0.2) is 0 Å². The lowest BCUT2D eigenvalue weighted by atomic mass is 9.99. The fourth-order valence-corrected chi connectivity index (χ4v) is 2.28. The number of unbranched alkanes of at least 4 members (excludes halogenated alkanes) is 4. The Bertz CT molecular complexity index is 454. The van der Waals surface area contributed by atoms with Crippen LogP contribution in [0.4, 0.5) is 0 Å². The van der Waals surface area contributed by atoms with Gasteiger partial charge in [-0.2, -0.15) is 5.53 Å². The summed E-state index contributed by atoms with van der Waals surface area (Å²) in [5.74, 6) is 0.262. The van der Waals surface area contributed by atoms with Gasteiger partial charge in [-0.1, -0.05) is 50.0 Å². The molecule has 20 heavy (non-hydrogen) atoms. The third-order valence-corrected chi connectivity index (χ3v) is 3.64. The van der Waals surface area contributed by atoms with Gasteiger partial charge in [0.05, 0.1) is 0 Å². The molecule has 0 aliphatic rings. The van der Waals surface area contributed by atoms with Crippen LogP contribution in [0.3, 0.4) is 0 Å². The first kappa shape index (κ1) is 16.3. The monoisotopic (exact) mass is 274 g/mol. The Labute approximate surface area is 122 Å². The third-order valence-electron chi connectivity index (χ3n) is 3.64. The molecule has 2 N–H and O–H groups in total. The summed E-state index contributed by atoms with van der Waals surface area (Å²) in [6, 6.07) is 6.08. The van der Waals surface area contributed by atoms with Crippen LogP contribution in [0.1, 0.15) is 55.7 Å². The second-order valence-corrected chi connectivity index (χ2v) is 5.28. The molecule has 4 heteroatoms. The van der Waals surface area contributed by atoms with E-state index in [2.05, 4.69) is 25.1 Å². The Balaban J connectivity index is 2.59. The van der Waals surface area contributed by atoms with Gasteiger partial charge in [0, 0.05) is 12.6 Å². The Morgan fingerprint density at radius 2 is 1.90 bits per heavy atom. The number of aryl methyl sites for hydroxylation is 2.